The molecule has 4 amide bonds. The minimum atomic E-state index is -0.375. The lowest BCUT2D eigenvalue weighted by Crippen LogP contribution is -2.28. The largest absolute Gasteiger partial charge is 0.351 e. The number of rotatable bonds is 11. The molecule has 0 fully saturated rings. The summed E-state index contributed by atoms with van der Waals surface area (Å²) in [6, 6.07) is 4.87. The smallest absolute Gasteiger partial charge is 0.272 e. The van der Waals surface area contributed by atoms with Crippen LogP contribution in [-0.2, 0) is 25.9 Å². The van der Waals surface area contributed by atoms with Crippen LogP contribution in [0, 0.1) is 20.8 Å². The molecule has 0 aliphatic carbocycles. The molecule has 0 saturated heterocycles. The Morgan fingerprint density at radius 1 is 0.744 bits per heavy atom. The maximum absolute atomic E-state index is 13.2. The molecule has 0 saturated carbocycles. The highest BCUT2D eigenvalue weighted by atomic mass is 16.2. The summed E-state index contributed by atoms with van der Waals surface area (Å²) in [6.07, 6.45) is 1.39. The Morgan fingerprint density at radius 2 is 1.15 bits per heavy atom. The van der Waals surface area contributed by atoms with E-state index in [1.165, 1.54) is 0 Å². The first-order valence-corrected chi connectivity index (χ1v) is 12.6. The van der Waals surface area contributed by atoms with Crippen molar-refractivity contribution >= 4 is 41.2 Å². The topological polar surface area (TPSA) is 134 Å². The molecule has 4 N–H and O–H groups in total. The minimum absolute atomic E-state index is 0.207. The lowest BCUT2D eigenvalue weighted by Gasteiger charge is -2.10. The van der Waals surface area contributed by atoms with Crippen molar-refractivity contribution in [1.82, 2.24) is 23.9 Å². The van der Waals surface area contributed by atoms with Crippen LogP contribution < -0.4 is 21.3 Å². The van der Waals surface area contributed by atoms with Crippen LogP contribution in [0.4, 0.5) is 17.1 Å². The molecular formula is C27H38N8O4. The number of aromatic nitrogens is 3. The highest BCUT2D eigenvalue weighted by molar-refractivity contribution is 6.08. The van der Waals surface area contributed by atoms with E-state index in [0.29, 0.717) is 52.8 Å². The number of carbonyl (C=O) groups excluding carboxylic acids is 4. The van der Waals surface area contributed by atoms with Crippen molar-refractivity contribution in [3.63, 3.8) is 0 Å². The normalized spacial score (nSPS) is 11.0. The van der Waals surface area contributed by atoms with Crippen molar-refractivity contribution in [2.75, 3.05) is 43.1 Å². The van der Waals surface area contributed by atoms with Crippen LogP contribution in [0.1, 0.15) is 55.0 Å². The summed E-state index contributed by atoms with van der Waals surface area (Å²) < 4.78 is 5.12. The Balaban J connectivity index is 1.75. The molecule has 3 heterocycles. The molecular weight excluding hydrogens is 500 g/mol. The molecule has 3 aromatic rings. The van der Waals surface area contributed by atoms with Gasteiger partial charge >= 0.3 is 0 Å². The summed E-state index contributed by atoms with van der Waals surface area (Å²) in [4.78, 5) is 51.9. The summed E-state index contributed by atoms with van der Waals surface area (Å²) in [6.45, 7) is 6.85. The van der Waals surface area contributed by atoms with Crippen LogP contribution in [0.15, 0.2) is 18.2 Å². The van der Waals surface area contributed by atoms with Gasteiger partial charge < -0.3 is 39.9 Å². The number of anilines is 3. The first kappa shape index (κ1) is 29.2. The third kappa shape index (κ3) is 6.23. The fourth-order valence-electron chi connectivity index (χ4n) is 4.27. The van der Waals surface area contributed by atoms with Gasteiger partial charge in [-0.2, -0.15) is 0 Å². The molecule has 3 aromatic heterocycles. The van der Waals surface area contributed by atoms with Gasteiger partial charge in [-0.25, -0.2) is 0 Å². The van der Waals surface area contributed by atoms with E-state index in [0.717, 1.165) is 24.4 Å². The highest BCUT2D eigenvalue weighted by Crippen LogP contribution is 2.25. The summed E-state index contributed by atoms with van der Waals surface area (Å²) in [5, 5.41) is 11.3. The van der Waals surface area contributed by atoms with Crippen LogP contribution in [-0.4, -0.2) is 69.9 Å². The van der Waals surface area contributed by atoms with Crippen LogP contribution in [0.25, 0.3) is 0 Å². The van der Waals surface area contributed by atoms with Crippen molar-refractivity contribution < 1.29 is 19.2 Å². The molecule has 0 aromatic carbocycles. The quantitative estimate of drug-likeness (QED) is 0.220. The first-order valence-electron chi connectivity index (χ1n) is 12.6. The average Bonchev–Trinajstić information content (AvgIpc) is 3.44. The van der Waals surface area contributed by atoms with Gasteiger partial charge in [0.15, 0.2) is 0 Å². The van der Waals surface area contributed by atoms with E-state index < -0.39 is 0 Å². The van der Waals surface area contributed by atoms with E-state index in [9.17, 15) is 19.2 Å². The van der Waals surface area contributed by atoms with Crippen molar-refractivity contribution in [2.24, 2.45) is 21.1 Å². The van der Waals surface area contributed by atoms with Crippen LogP contribution >= 0.6 is 0 Å². The number of carbonyl (C=O) groups is 4. The van der Waals surface area contributed by atoms with E-state index in [1.807, 2.05) is 21.0 Å². The van der Waals surface area contributed by atoms with Crippen molar-refractivity contribution in [3.05, 3.63) is 52.4 Å². The molecule has 0 atom stereocenters. The van der Waals surface area contributed by atoms with E-state index in [4.69, 9.17) is 0 Å². The molecule has 12 nitrogen and oxygen atoms in total. The van der Waals surface area contributed by atoms with Gasteiger partial charge in [0, 0.05) is 44.8 Å². The molecule has 0 bridgehead atoms. The van der Waals surface area contributed by atoms with Gasteiger partial charge in [0.2, 0.25) is 6.41 Å². The van der Waals surface area contributed by atoms with E-state index >= 15 is 0 Å². The third-order valence-electron chi connectivity index (χ3n) is 7.08. The SMILES string of the molecule is Cc1c(NC=O)cc(C(=O)Nc2cc(C(=O)Nc3cc(C(=O)NCCCN(C)C)n(C)c3C)n(C)c2C)n1C. The zero-order valence-corrected chi connectivity index (χ0v) is 23.9. The van der Waals surface area contributed by atoms with Crippen molar-refractivity contribution in [1.29, 1.82) is 0 Å². The standard InChI is InChI=1S/C27H38N8O4/c1-16-19(29-15-36)12-23(33(16)6)26(38)31-21-14-24(35(8)18(21)3)27(39)30-20-13-22(34(7)17(20)2)25(37)28-10-9-11-32(4)5/h12-15H,9-11H2,1-8H3,(H,28,37)(H,29,36)(H,30,39)(H,31,38). The maximum Gasteiger partial charge on any atom is 0.272 e. The third-order valence-corrected chi connectivity index (χ3v) is 7.08. The Morgan fingerprint density at radius 3 is 1.59 bits per heavy atom. The van der Waals surface area contributed by atoms with Gasteiger partial charge in [0.25, 0.3) is 17.7 Å². The van der Waals surface area contributed by atoms with Crippen LogP contribution in [0.3, 0.4) is 0 Å². The summed E-state index contributed by atoms with van der Waals surface area (Å²) in [5.41, 5.74) is 4.86. The Hall–Kier alpha value is -4.32. The Kier molecular flexibility index (Phi) is 9.02. The van der Waals surface area contributed by atoms with E-state index in [1.54, 1.807) is 66.9 Å². The van der Waals surface area contributed by atoms with Crippen LogP contribution in [0.5, 0.6) is 0 Å². The number of hydrogen-bond donors (Lipinski definition) is 4. The molecule has 210 valence electrons. The van der Waals surface area contributed by atoms with Gasteiger partial charge in [-0.3, -0.25) is 19.2 Å². The zero-order chi connectivity index (χ0) is 29.0. The summed E-state index contributed by atoms with van der Waals surface area (Å²) >= 11 is 0. The number of nitrogens with zero attached hydrogens (tertiary/aromatic N) is 4. The molecule has 39 heavy (non-hydrogen) atoms. The fraction of sp³-hybridized carbons (Fsp3) is 0.407. The average molecular weight is 539 g/mol. The van der Waals surface area contributed by atoms with Gasteiger partial charge in [-0.05, 0) is 66.0 Å². The molecule has 0 spiro atoms. The van der Waals surface area contributed by atoms with E-state index in [-0.39, 0.29) is 17.7 Å². The summed E-state index contributed by atoms with van der Waals surface area (Å²) in [7, 11) is 9.22. The monoisotopic (exact) mass is 538 g/mol. The predicted octanol–water partition coefficient (Wildman–Crippen LogP) is 2.38. The Bertz CT molecular complexity index is 1410. The maximum atomic E-state index is 13.2. The number of amides is 4. The second-order valence-corrected chi connectivity index (χ2v) is 9.85. The molecule has 3 rings (SSSR count). The highest BCUT2D eigenvalue weighted by Gasteiger charge is 2.22. The second kappa shape index (κ2) is 12.0. The van der Waals surface area contributed by atoms with Gasteiger partial charge in [0.05, 0.1) is 17.1 Å². The Labute approximate surface area is 228 Å². The van der Waals surface area contributed by atoms with Crippen molar-refractivity contribution in [3.8, 4) is 0 Å². The number of hydrogen-bond acceptors (Lipinski definition) is 5. The van der Waals surface area contributed by atoms with Crippen LogP contribution in [0.2, 0.25) is 0 Å². The fourth-order valence-corrected chi connectivity index (χ4v) is 4.27. The van der Waals surface area contributed by atoms with Gasteiger partial charge in [-0.1, -0.05) is 0 Å². The predicted molar refractivity (Wildman–Crippen MR) is 152 cm³/mol. The molecule has 12 heteroatoms. The van der Waals surface area contributed by atoms with Crippen molar-refractivity contribution in [2.45, 2.75) is 27.2 Å². The molecule has 0 radical (unpaired) electrons. The first-order chi connectivity index (χ1) is 18.4. The molecule has 0 aliphatic heterocycles. The van der Waals surface area contributed by atoms with Gasteiger partial charge in [0.1, 0.15) is 17.1 Å². The van der Waals surface area contributed by atoms with E-state index in [2.05, 4.69) is 26.2 Å². The van der Waals surface area contributed by atoms with Gasteiger partial charge in [-0.15, -0.1) is 0 Å². The zero-order valence-electron chi connectivity index (χ0n) is 23.9. The minimum Gasteiger partial charge on any atom is -0.351 e. The summed E-state index contributed by atoms with van der Waals surface area (Å²) in [5.74, 6) is -0.956. The lowest BCUT2D eigenvalue weighted by atomic mass is 10.3. The number of nitrogens with one attached hydrogen (secondary N) is 4. The lowest BCUT2D eigenvalue weighted by molar-refractivity contribution is -0.105. The molecule has 0 aliphatic rings. The molecule has 0 unspecified atom stereocenters. The second-order valence-electron chi connectivity index (χ2n) is 9.85.